The molecular weight excluding hydrogens is 284 g/mol. The molecule has 0 radical (unpaired) electrons. The van der Waals surface area contributed by atoms with E-state index >= 15 is 0 Å². The number of halogens is 1. The van der Waals surface area contributed by atoms with Gasteiger partial charge in [-0.15, -0.1) is 0 Å². The highest BCUT2D eigenvalue weighted by molar-refractivity contribution is 6.29. The summed E-state index contributed by atoms with van der Waals surface area (Å²) in [7, 11) is 0. The van der Waals surface area contributed by atoms with Crippen molar-refractivity contribution in [2.45, 2.75) is 39.3 Å². The van der Waals surface area contributed by atoms with Crippen molar-refractivity contribution in [1.82, 2.24) is 10.3 Å². The Morgan fingerprint density at radius 3 is 2.55 bits per heavy atom. The van der Waals surface area contributed by atoms with Gasteiger partial charge in [0.2, 0.25) is 5.91 Å². The molecule has 0 aliphatic heterocycles. The minimum absolute atomic E-state index is 0.00914. The van der Waals surface area contributed by atoms with Crippen molar-refractivity contribution in [3.8, 4) is 0 Å². The molecule has 1 heterocycles. The van der Waals surface area contributed by atoms with Crippen LogP contribution in [0, 0.1) is 10.1 Å². The number of rotatable bonds is 4. The van der Waals surface area contributed by atoms with E-state index < -0.39 is 11.0 Å². The molecular formula is C12H17ClN4O3. The fraction of sp³-hybridized carbons (Fsp3) is 0.500. The van der Waals surface area contributed by atoms with E-state index in [9.17, 15) is 14.9 Å². The van der Waals surface area contributed by atoms with Crippen LogP contribution in [-0.2, 0) is 4.79 Å². The fourth-order valence-corrected chi connectivity index (χ4v) is 1.63. The van der Waals surface area contributed by atoms with Crippen LogP contribution in [0.25, 0.3) is 0 Å². The second-order valence-electron chi connectivity index (χ2n) is 5.40. The quantitative estimate of drug-likeness (QED) is 0.505. The molecule has 1 rings (SSSR count). The SMILES string of the molecule is CC(Nc1cc([N+](=O)[O-])cc(Cl)n1)C(=O)NC(C)(C)C. The van der Waals surface area contributed by atoms with Crippen LogP contribution in [0.2, 0.25) is 5.15 Å². The van der Waals surface area contributed by atoms with Crippen molar-refractivity contribution in [1.29, 1.82) is 0 Å². The monoisotopic (exact) mass is 300 g/mol. The number of pyridine rings is 1. The first-order valence-corrected chi connectivity index (χ1v) is 6.37. The first kappa shape index (κ1) is 16.2. The van der Waals surface area contributed by atoms with Gasteiger partial charge >= 0.3 is 0 Å². The highest BCUT2D eigenvalue weighted by Gasteiger charge is 2.20. The Morgan fingerprint density at radius 1 is 1.45 bits per heavy atom. The van der Waals surface area contributed by atoms with Crippen LogP contribution in [-0.4, -0.2) is 27.4 Å². The average Bonchev–Trinajstić information content (AvgIpc) is 2.25. The number of nitrogens with zero attached hydrogens (tertiary/aromatic N) is 2. The Kier molecular flexibility index (Phi) is 4.88. The zero-order valence-electron chi connectivity index (χ0n) is 11.7. The van der Waals surface area contributed by atoms with Crippen molar-refractivity contribution < 1.29 is 9.72 Å². The van der Waals surface area contributed by atoms with Crippen LogP contribution in [0.1, 0.15) is 27.7 Å². The van der Waals surface area contributed by atoms with Gasteiger partial charge in [0, 0.05) is 5.54 Å². The van der Waals surface area contributed by atoms with Gasteiger partial charge in [-0.2, -0.15) is 0 Å². The molecule has 0 spiro atoms. The maximum atomic E-state index is 11.9. The van der Waals surface area contributed by atoms with E-state index in [0.717, 1.165) is 6.07 Å². The normalized spacial score (nSPS) is 12.7. The third kappa shape index (κ3) is 5.00. The zero-order valence-corrected chi connectivity index (χ0v) is 12.5. The Morgan fingerprint density at radius 2 is 2.05 bits per heavy atom. The van der Waals surface area contributed by atoms with Crippen molar-refractivity contribution in [3.63, 3.8) is 0 Å². The molecule has 0 aliphatic rings. The van der Waals surface area contributed by atoms with Gasteiger partial charge in [0.05, 0.1) is 17.1 Å². The molecule has 0 saturated carbocycles. The molecule has 1 aromatic rings. The van der Waals surface area contributed by atoms with Gasteiger partial charge in [0.15, 0.2) is 0 Å². The van der Waals surface area contributed by atoms with Crippen molar-refractivity contribution in [2.75, 3.05) is 5.32 Å². The molecule has 0 bridgehead atoms. The molecule has 1 amide bonds. The summed E-state index contributed by atoms with van der Waals surface area (Å²) < 4.78 is 0. The van der Waals surface area contributed by atoms with Gasteiger partial charge < -0.3 is 10.6 Å². The van der Waals surface area contributed by atoms with Crippen LogP contribution in [0.3, 0.4) is 0 Å². The third-order valence-electron chi connectivity index (χ3n) is 2.25. The van der Waals surface area contributed by atoms with Gasteiger partial charge in [0.25, 0.3) is 5.69 Å². The fourth-order valence-electron chi connectivity index (χ4n) is 1.43. The van der Waals surface area contributed by atoms with E-state index in [4.69, 9.17) is 11.6 Å². The minimum atomic E-state index is -0.597. The van der Waals surface area contributed by atoms with E-state index in [1.54, 1.807) is 6.92 Å². The van der Waals surface area contributed by atoms with Crippen LogP contribution >= 0.6 is 11.6 Å². The second kappa shape index (κ2) is 6.04. The number of carbonyl (C=O) groups is 1. The number of amides is 1. The molecule has 1 unspecified atom stereocenters. The van der Waals surface area contributed by atoms with Crippen molar-refractivity contribution in [3.05, 3.63) is 27.4 Å². The summed E-state index contributed by atoms with van der Waals surface area (Å²) in [6.45, 7) is 7.22. The molecule has 2 N–H and O–H groups in total. The summed E-state index contributed by atoms with van der Waals surface area (Å²) in [5.41, 5.74) is -0.545. The summed E-state index contributed by atoms with van der Waals surface area (Å²) in [4.78, 5) is 26.0. The summed E-state index contributed by atoms with van der Waals surface area (Å²) in [6, 6.07) is 1.78. The van der Waals surface area contributed by atoms with Gasteiger partial charge in [-0.25, -0.2) is 4.98 Å². The Balaban J connectivity index is 2.83. The average molecular weight is 301 g/mol. The number of aromatic nitrogens is 1. The predicted octanol–water partition coefficient (Wildman–Crippen LogP) is 2.36. The van der Waals surface area contributed by atoms with Gasteiger partial charge in [-0.3, -0.25) is 14.9 Å². The van der Waals surface area contributed by atoms with Crippen LogP contribution in [0.15, 0.2) is 12.1 Å². The summed E-state index contributed by atoms with van der Waals surface area (Å²) in [6.07, 6.45) is 0. The lowest BCUT2D eigenvalue weighted by Crippen LogP contribution is -2.47. The third-order valence-corrected chi connectivity index (χ3v) is 2.44. The molecule has 8 heteroatoms. The van der Waals surface area contributed by atoms with Gasteiger partial charge in [-0.05, 0) is 27.7 Å². The first-order valence-electron chi connectivity index (χ1n) is 5.99. The summed E-state index contributed by atoms with van der Waals surface area (Å²) in [5, 5.41) is 16.3. The van der Waals surface area contributed by atoms with Gasteiger partial charge in [-0.1, -0.05) is 11.6 Å². The second-order valence-corrected chi connectivity index (χ2v) is 5.78. The van der Waals surface area contributed by atoms with Crippen LogP contribution in [0.4, 0.5) is 11.5 Å². The number of carbonyl (C=O) groups excluding carboxylic acids is 1. The lowest BCUT2D eigenvalue weighted by atomic mass is 10.1. The zero-order chi connectivity index (χ0) is 15.5. The van der Waals surface area contributed by atoms with Gasteiger partial charge in [0.1, 0.15) is 17.0 Å². The topological polar surface area (TPSA) is 97.2 Å². The molecule has 1 atom stereocenters. The molecule has 0 fully saturated rings. The smallest absolute Gasteiger partial charge is 0.276 e. The molecule has 0 aromatic carbocycles. The Labute approximate surface area is 121 Å². The van der Waals surface area contributed by atoms with E-state index in [-0.39, 0.29) is 28.1 Å². The molecule has 0 saturated heterocycles. The van der Waals surface area contributed by atoms with Crippen molar-refractivity contribution >= 4 is 29.0 Å². The van der Waals surface area contributed by atoms with E-state index in [2.05, 4.69) is 15.6 Å². The van der Waals surface area contributed by atoms with Crippen LogP contribution in [0.5, 0.6) is 0 Å². The number of anilines is 1. The lowest BCUT2D eigenvalue weighted by molar-refractivity contribution is -0.384. The highest BCUT2D eigenvalue weighted by atomic mass is 35.5. The molecule has 1 aromatic heterocycles. The minimum Gasteiger partial charge on any atom is -0.358 e. The predicted molar refractivity (Wildman–Crippen MR) is 76.9 cm³/mol. The van der Waals surface area contributed by atoms with E-state index in [0.29, 0.717) is 0 Å². The Bertz CT molecular complexity index is 528. The highest BCUT2D eigenvalue weighted by Crippen LogP contribution is 2.21. The molecule has 20 heavy (non-hydrogen) atoms. The first-order chi connectivity index (χ1) is 9.08. The molecule has 110 valence electrons. The molecule has 7 nitrogen and oxygen atoms in total. The number of nitrogens with one attached hydrogen (secondary N) is 2. The number of hydrogen-bond acceptors (Lipinski definition) is 5. The summed E-state index contributed by atoms with van der Waals surface area (Å²) in [5.74, 6) is -0.0531. The van der Waals surface area contributed by atoms with E-state index in [1.165, 1.54) is 6.07 Å². The van der Waals surface area contributed by atoms with Crippen molar-refractivity contribution in [2.24, 2.45) is 0 Å². The molecule has 0 aliphatic carbocycles. The number of hydrogen-bond donors (Lipinski definition) is 2. The number of nitro groups is 1. The maximum Gasteiger partial charge on any atom is 0.276 e. The Hall–Kier alpha value is -1.89. The summed E-state index contributed by atoms with van der Waals surface area (Å²) >= 11 is 5.71. The van der Waals surface area contributed by atoms with Crippen LogP contribution < -0.4 is 10.6 Å². The maximum absolute atomic E-state index is 11.9. The lowest BCUT2D eigenvalue weighted by Gasteiger charge is -2.23. The largest absolute Gasteiger partial charge is 0.358 e. The standard InChI is InChI=1S/C12H17ClN4O3/c1-7(11(18)16-12(2,3)4)14-10-6-8(17(19)20)5-9(13)15-10/h5-7H,1-4H3,(H,14,15)(H,16,18). The van der Waals surface area contributed by atoms with E-state index in [1.807, 2.05) is 20.8 Å².